The van der Waals surface area contributed by atoms with Gasteiger partial charge in [-0.2, -0.15) is 5.10 Å². The number of rotatable bonds is 4. The lowest BCUT2D eigenvalue weighted by molar-refractivity contribution is -0.134. The fourth-order valence-corrected chi connectivity index (χ4v) is 4.07. The van der Waals surface area contributed by atoms with E-state index >= 15 is 0 Å². The van der Waals surface area contributed by atoms with Gasteiger partial charge in [-0.1, -0.05) is 29.8 Å². The van der Waals surface area contributed by atoms with E-state index in [1.165, 1.54) is 10.2 Å². The van der Waals surface area contributed by atoms with Gasteiger partial charge in [0.2, 0.25) is 5.91 Å². The van der Waals surface area contributed by atoms with Gasteiger partial charge >= 0.3 is 5.69 Å². The van der Waals surface area contributed by atoms with Gasteiger partial charge in [-0.15, -0.1) is 0 Å². The molecule has 7 heteroatoms. The van der Waals surface area contributed by atoms with E-state index in [1.54, 1.807) is 11.7 Å². The van der Waals surface area contributed by atoms with Crippen molar-refractivity contribution in [2.75, 3.05) is 20.2 Å². The van der Waals surface area contributed by atoms with Crippen LogP contribution in [0.5, 0.6) is 0 Å². The van der Waals surface area contributed by atoms with Crippen molar-refractivity contribution in [2.45, 2.75) is 51.3 Å². The second-order valence-electron chi connectivity index (χ2n) is 7.55. The number of aromatic nitrogens is 3. The summed E-state index contributed by atoms with van der Waals surface area (Å²) in [6.07, 6.45) is 3.25. The van der Waals surface area contributed by atoms with Crippen LogP contribution in [0.4, 0.5) is 0 Å². The van der Waals surface area contributed by atoms with Gasteiger partial charge in [0, 0.05) is 26.6 Å². The molecule has 0 unspecified atom stereocenters. The molecule has 2 aliphatic rings. The minimum Gasteiger partial charge on any atom is -0.380 e. The smallest absolute Gasteiger partial charge is 0.346 e. The van der Waals surface area contributed by atoms with Crippen molar-refractivity contribution in [2.24, 2.45) is 0 Å². The fraction of sp³-hybridized carbons (Fsp3) is 0.550. The molecule has 27 heavy (non-hydrogen) atoms. The van der Waals surface area contributed by atoms with Crippen molar-refractivity contribution < 1.29 is 9.53 Å². The van der Waals surface area contributed by atoms with Gasteiger partial charge in [0.15, 0.2) is 0 Å². The third kappa shape index (κ3) is 3.43. The normalized spacial score (nSPS) is 22.1. The average Bonchev–Trinajstić information content (AvgIpc) is 3.28. The maximum atomic E-state index is 13.1. The topological polar surface area (TPSA) is 69.4 Å². The first-order valence-electron chi connectivity index (χ1n) is 9.62. The molecule has 2 aliphatic heterocycles. The summed E-state index contributed by atoms with van der Waals surface area (Å²) < 4.78 is 8.49. The highest BCUT2D eigenvalue weighted by Gasteiger charge is 2.36. The summed E-state index contributed by atoms with van der Waals surface area (Å²) in [6.45, 7) is 3.76. The average molecular weight is 370 g/mol. The number of methoxy groups -OCH3 is 1. The van der Waals surface area contributed by atoms with Crippen LogP contribution in [0, 0.1) is 6.92 Å². The first-order valence-corrected chi connectivity index (χ1v) is 9.62. The van der Waals surface area contributed by atoms with Gasteiger partial charge in [-0.25, -0.2) is 9.48 Å². The Morgan fingerprint density at radius 3 is 2.74 bits per heavy atom. The number of hydrogen-bond donors (Lipinski definition) is 0. The number of likely N-dealkylation sites (tertiary alicyclic amines) is 1. The second kappa shape index (κ2) is 7.31. The molecule has 7 nitrogen and oxygen atoms in total. The molecule has 4 rings (SSSR count). The Hall–Kier alpha value is -2.41. The number of benzene rings is 1. The zero-order chi connectivity index (χ0) is 19.0. The Labute approximate surface area is 158 Å². The molecule has 0 saturated carbocycles. The largest absolute Gasteiger partial charge is 0.380 e. The Bertz CT molecular complexity index is 884. The van der Waals surface area contributed by atoms with Crippen molar-refractivity contribution in [3.63, 3.8) is 0 Å². The molecular formula is C20H26N4O3. The van der Waals surface area contributed by atoms with E-state index in [-0.39, 0.29) is 17.7 Å². The monoisotopic (exact) mass is 370 g/mol. The molecule has 1 aromatic carbocycles. The summed E-state index contributed by atoms with van der Waals surface area (Å²) in [5.41, 5.74) is 2.02. The first kappa shape index (κ1) is 18.0. The van der Waals surface area contributed by atoms with Crippen LogP contribution in [-0.2, 0) is 22.5 Å². The number of nitrogens with zero attached hydrogens (tertiary/aromatic N) is 4. The van der Waals surface area contributed by atoms with Crippen LogP contribution in [0.2, 0.25) is 0 Å². The molecule has 0 aliphatic carbocycles. The molecular weight excluding hydrogens is 344 g/mol. The van der Waals surface area contributed by atoms with Crippen molar-refractivity contribution in [1.82, 2.24) is 19.2 Å². The first-order chi connectivity index (χ1) is 13.1. The van der Waals surface area contributed by atoms with Crippen molar-refractivity contribution in [3.05, 3.63) is 51.7 Å². The zero-order valence-electron chi connectivity index (χ0n) is 15.9. The highest BCUT2D eigenvalue weighted by molar-refractivity contribution is 5.81. The molecule has 0 N–H and O–H groups in total. The molecule has 1 aromatic heterocycles. The van der Waals surface area contributed by atoms with E-state index in [0.717, 1.165) is 30.7 Å². The highest BCUT2D eigenvalue weighted by Crippen LogP contribution is 2.26. The predicted octanol–water partition coefficient (Wildman–Crippen LogP) is 1.53. The molecule has 2 aromatic rings. The Morgan fingerprint density at radius 2 is 2.04 bits per heavy atom. The number of fused-ring (bicyclic) bond motifs is 1. The van der Waals surface area contributed by atoms with E-state index < -0.39 is 6.04 Å². The van der Waals surface area contributed by atoms with E-state index in [1.807, 2.05) is 36.1 Å². The van der Waals surface area contributed by atoms with Gasteiger partial charge in [-0.3, -0.25) is 9.36 Å². The molecule has 2 atom stereocenters. The summed E-state index contributed by atoms with van der Waals surface area (Å²) in [7, 11) is 1.68. The molecule has 0 radical (unpaired) electrons. The Balaban J connectivity index is 1.59. The maximum absolute atomic E-state index is 13.1. The second-order valence-corrected chi connectivity index (χ2v) is 7.55. The molecule has 1 amide bonds. The summed E-state index contributed by atoms with van der Waals surface area (Å²) in [5, 5.41) is 4.53. The van der Waals surface area contributed by atoms with Crippen LogP contribution in [0.1, 0.15) is 42.3 Å². The number of amides is 1. The third-order valence-electron chi connectivity index (χ3n) is 5.66. The van der Waals surface area contributed by atoms with Crippen LogP contribution in [-0.4, -0.2) is 51.5 Å². The van der Waals surface area contributed by atoms with Gasteiger partial charge in [0.05, 0.1) is 12.6 Å². The number of hydrogen-bond acceptors (Lipinski definition) is 4. The zero-order valence-corrected chi connectivity index (χ0v) is 15.9. The van der Waals surface area contributed by atoms with Crippen molar-refractivity contribution >= 4 is 5.91 Å². The van der Waals surface area contributed by atoms with E-state index in [0.29, 0.717) is 26.1 Å². The molecule has 1 saturated heterocycles. The summed E-state index contributed by atoms with van der Waals surface area (Å²) >= 11 is 0. The molecule has 0 spiro atoms. The number of ether oxygens (including phenoxy) is 1. The van der Waals surface area contributed by atoms with E-state index in [4.69, 9.17) is 4.74 Å². The SMILES string of the molecule is CO[C@H]1CCN(C(=O)[C@H]2CCCc3nn(Cc4ccc(C)cc4)c(=O)n32)C1. The lowest BCUT2D eigenvalue weighted by Crippen LogP contribution is -2.42. The standard InChI is InChI=1S/C20H26N4O3/c1-14-6-8-15(9-7-14)12-23-20(26)24-17(4-3-5-18(24)21-23)19(25)22-11-10-16(13-22)27-2/h6-9,16-17H,3-5,10-13H2,1-2H3/t16-,17+/m0/s1. The molecule has 3 heterocycles. The number of carbonyl (C=O) groups excluding carboxylic acids is 1. The quantitative estimate of drug-likeness (QED) is 0.818. The lowest BCUT2D eigenvalue weighted by atomic mass is 10.0. The van der Waals surface area contributed by atoms with Crippen LogP contribution in [0.3, 0.4) is 0 Å². The predicted molar refractivity (Wildman–Crippen MR) is 101 cm³/mol. The Morgan fingerprint density at radius 1 is 1.26 bits per heavy atom. The van der Waals surface area contributed by atoms with Gasteiger partial charge in [0.1, 0.15) is 11.9 Å². The van der Waals surface area contributed by atoms with Gasteiger partial charge < -0.3 is 9.64 Å². The van der Waals surface area contributed by atoms with Gasteiger partial charge in [-0.05, 0) is 31.7 Å². The molecule has 1 fully saturated rings. The van der Waals surface area contributed by atoms with Gasteiger partial charge in [0.25, 0.3) is 0 Å². The number of carbonyl (C=O) groups is 1. The molecule has 144 valence electrons. The van der Waals surface area contributed by atoms with Crippen LogP contribution < -0.4 is 5.69 Å². The van der Waals surface area contributed by atoms with E-state index in [2.05, 4.69) is 5.10 Å². The number of aryl methyl sites for hydroxylation is 2. The van der Waals surface area contributed by atoms with E-state index in [9.17, 15) is 9.59 Å². The minimum atomic E-state index is -0.441. The van der Waals surface area contributed by atoms with Crippen LogP contribution in [0.25, 0.3) is 0 Å². The van der Waals surface area contributed by atoms with Crippen LogP contribution in [0.15, 0.2) is 29.1 Å². The Kier molecular flexibility index (Phi) is 4.86. The summed E-state index contributed by atoms with van der Waals surface area (Å²) in [6, 6.07) is 7.64. The summed E-state index contributed by atoms with van der Waals surface area (Å²) in [5.74, 6) is 0.742. The van der Waals surface area contributed by atoms with Crippen molar-refractivity contribution in [3.8, 4) is 0 Å². The highest BCUT2D eigenvalue weighted by atomic mass is 16.5. The molecule has 0 bridgehead atoms. The fourth-order valence-electron chi connectivity index (χ4n) is 4.07. The van der Waals surface area contributed by atoms with Crippen molar-refractivity contribution in [1.29, 1.82) is 0 Å². The van der Waals surface area contributed by atoms with Crippen LogP contribution >= 0.6 is 0 Å². The minimum absolute atomic E-state index is 0.0208. The maximum Gasteiger partial charge on any atom is 0.346 e. The third-order valence-corrected chi connectivity index (χ3v) is 5.66. The summed E-state index contributed by atoms with van der Waals surface area (Å²) in [4.78, 5) is 27.9. The lowest BCUT2D eigenvalue weighted by Gasteiger charge is -2.27.